The van der Waals surface area contributed by atoms with Gasteiger partial charge in [-0.15, -0.1) is 0 Å². The number of hydrogen-bond acceptors (Lipinski definition) is 8. The van der Waals surface area contributed by atoms with E-state index < -0.39 is 0 Å². The summed E-state index contributed by atoms with van der Waals surface area (Å²) < 4.78 is 16.3. The average molecular weight is 641 g/mol. The van der Waals surface area contributed by atoms with Crippen molar-refractivity contribution < 1.29 is 28.6 Å². The van der Waals surface area contributed by atoms with Crippen LogP contribution in [-0.2, 0) is 14.3 Å². The fraction of sp³-hybridized carbons (Fsp3) is 0.216. The van der Waals surface area contributed by atoms with E-state index in [-0.39, 0.29) is 16.2 Å². The first-order chi connectivity index (χ1) is 21.9. The Kier molecular flexibility index (Phi) is 13.4. The molecule has 232 valence electrons. The highest BCUT2D eigenvalue weighted by Crippen LogP contribution is 2.29. The minimum Gasteiger partial charge on any atom is -0.494 e. The molecule has 0 aliphatic carbocycles. The van der Waals surface area contributed by atoms with Gasteiger partial charge in [0.05, 0.1) is 19.5 Å². The zero-order valence-corrected chi connectivity index (χ0v) is 26.7. The van der Waals surface area contributed by atoms with Crippen LogP contribution >= 0.6 is 23.5 Å². The van der Waals surface area contributed by atoms with Crippen molar-refractivity contribution in [2.24, 2.45) is 0 Å². The first kappa shape index (κ1) is 33.6. The van der Waals surface area contributed by atoms with E-state index in [0.29, 0.717) is 31.0 Å². The lowest BCUT2D eigenvalue weighted by molar-refractivity contribution is -0.138. The highest BCUT2D eigenvalue weighted by Gasteiger charge is 2.10. The molecule has 45 heavy (non-hydrogen) atoms. The molecule has 0 aliphatic heterocycles. The molecular formula is C37H36O6S2. The number of carbonyl (C=O) groups excluding carboxylic acids is 3. The molecule has 0 heterocycles. The van der Waals surface area contributed by atoms with Crippen molar-refractivity contribution >= 4 is 50.5 Å². The Hall–Kier alpha value is -4.27. The molecule has 0 radical (unpaired) electrons. The predicted molar refractivity (Wildman–Crippen MR) is 184 cm³/mol. The predicted octanol–water partition coefficient (Wildman–Crippen LogP) is 9.28. The van der Waals surface area contributed by atoms with Crippen molar-refractivity contribution in [3.63, 3.8) is 0 Å². The number of carbonyl (C=O) groups is 3. The van der Waals surface area contributed by atoms with Gasteiger partial charge >= 0.3 is 5.97 Å². The summed E-state index contributed by atoms with van der Waals surface area (Å²) in [7, 11) is 0. The Morgan fingerprint density at radius 1 is 0.689 bits per heavy atom. The Labute approximate surface area is 272 Å². The number of hydrogen-bond donors (Lipinski definition) is 0. The summed E-state index contributed by atoms with van der Waals surface area (Å²) in [5, 5.41) is 2.13. The summed E-state index contributed by atoms with van der Waals surface area (Å²) in [5.41, 5.74) is 2.73. The maximum Gasteiger partial charge on any atom is 0.310 e. The van der Waals surface area contributed by atoms with Gasteiger partial charge in [0.1, 0.15) is 11.5 Å². The van der Waals surface area contributed by atoms with E-state index in [1.165, 1.54) is 29.6 Å². The number of benzene rings is 4. The van der Waals surface area contributed by atoms with Crippen LogP contribution in [0.3, 0.4) is 0 Å². The number of rotatable bonds is 17. The molecule has 0 atom stereocenters. The molecule has 0 aromatic heterocycles. The largest absolute Gasteiger partial charge is 0.494 e. The molecule has 0 fully saturated rings. The lowest BCUT2D eigenvalue weighted by Gasteiger charge is -2.09. The van der Waals surface area contributed by atoms with Crippen LogP contribution in [0.2, 0.25) is 0 Å². The SMILES string of the molecule is C=COC(=O)CCCCCOc1ccc(SC(=O)c2ccc(-c3ccc4cc(OCCCSC(=O)C=C)ccc4c3)cc2)cc1. The molecule has 0 bridgehead atoms. The molecule has 0 spiro atoms. The van der Waals surface area contributed by atoms with Crippen molar-refractivity contribution in [2.45, 2.75) is 37.0 Å². The van der Waals surface area contributed by atoms with E-state index in [1.54, 1.807) is 0 Å². The number of esters is 1. The number of ether oxygens (including phenoxy) is 3. The standard InChI is InChI=1S/C37H36O6S2/c1-3-36(39)44-24-8-23-43-33-17-16-30-25-29(14-15-31(30)26-33)27-10-12-28(13-11-27)37(40)45-34-20-18-32(19-21-34)42-22-7-5-6-9-35(38)41-4-2/h3-4,10-21,25-26H,1-2,5-9,22-24H2. The van der Waals surface area contributed by atoms with Gasteiger partial charge in [0.2, 0.25) is 10.2 Å². The summed E-state index contributed by atoms with van der Waals surface area (Å²) in [6.07, 6.45) is 6.09. The summed E-state index contributed by atoms with van der Waals surface area (Å²) >= 11 is 2.43. The van der Waals surface area contributed by atoms with Gasteiger partial charge in [-0.3, -0.25) is 14.4 Å². The first-order valence-electron chi connectivity index (χ1n) is 14.8. The summed E-state index contributed by atoms with van der Waals surface area (Å²) in [6.45, 7) is 7.95. The third-order valence-electron chi connectivity index (χ3n) is 6.78. The second-order valence-corrected chi connectivity index (χ2v) is 12.2. The van der Waals surface area contributed by atoms with Crippen LogP contribution in [-0.4, -0.2) is 35.2 Å². The minimum absolute atomic E-state index is 0.0169. The van der Waals surface area contributed by atoms with Crippen molar-refractivity contribution in [1.82, 2.24) is 0 Å². The molecule has 0 amide bonds. The van der Waals surface area contributed by atoms with Gasteiger partial charge in [-0.1, -0.05) is 55.3 Å². The number of unbranched alkanes of at least 4 members (excludes halogenated alkanes) is 2. The molecule has 6 nitrogen and oxygen atoms in total. The molecule has 4 aromatic rings. The third-order valence-corrected chi connectivity index (χ3v) is 8.65. The van der Waals surface area contributed by atoms with E-state index in [0.717, 1.165) is 70.2 Å². The summed E-state index contributed by atoms with van der Waals surface area (Å²) in [5.74, 6) is 1.98. The molecule has 4 aromatic carbocycles. The lowest BCUT2D eigenvalue weighted by Crippen LogP contribution is -2.01. The van der Waals surface area contributed by atoms with Crippen LogP contribution in [0.5, 0.6) is 11.5 Å². The smallest absolute Gasteiger partial charge is 0.310 e. The van der Waals surface area contributed by atoms with Crippen LogP contribution in [0.25, 0.3) is 21.9 Å². The van der Waals surface area contributed by atoms with Crippen LogP contribution in [0.15, 0.2) is 115 Å². The Morgan fingerprint density at radius 3 is 2.11 bits per heavy atom. The first-order valence-corrected chi connectivity index (χ1v) is 16.6. The monoisotopic (exact) mass is 640 g/mol. The average Bonchev–Trinajstić information content (AvgIpc) is 3.06. The molecular weight excluding hydrogens is 605 g/mol. The minimum atomic E-state index is -0.265. The second-order valence-electron chi connectivity index (χ2n) is 10.1. The lowest BCUT2D eigenvalue weighted by atomic mass is 10.0. The summed E-state index contributed by atoms with van der Waals surface area (Å²) in [6, 6.07) is 27.5. The fourth-order valence-electron chi connectivity index (χ4n) is 4.43. The van der Waals surface area contributed by atoms with Gasteiger partial charge in [0, 0.05) is 22.6 Å². The van der Waals surface area contributed by atoms with Crippen LogP contribution < -0.4 is 9.47 Å². The maximum atomic E-state index is 12.9. The second kappa shape index (κ2) is 17.9. The van der Waals surface area contributed by atoms with Gasteiger partial charge in [-0.25, -0.2) is 0 Å². The van der Waals surface area contributed by atoms with E-state index in [9.17, 15) is 14.4 Å². The molecule has 0 aliphatic rings. The zero-order valence-electron chi connectivity index (χ0n) is 25.1. The van der Waals surface area contributed by atoms with Gasteiger partial charge < -0.3 is 14.2 Å². The number of fused-ring (bicyclic) bond motifs is 1. The van der Waals surface area contributed by atoms with Crippen molar-refractivity contribution in [1.29, 1.82) is 0 Å². The molecule has 0 saturated heterocycles. The summed E-state index contributed by atoms with van der Waals surface area (Å²) in [4.78, 5) is 36.4. The zero-order chi connectivity index (χ0) is 31.9. The van der Waals surface area contributed by atoms with E-state index >= 15 is 0 Å². The van der Waals surface area contributed by atoms with Crippen LogP contribution in [0, 0.1) is 0 Å². The van der Waals surface area contributed by atoms with Gasteiger partial charge in [-0.2, -0.15) is 0 Å². The van der Waals surface area contributed by atoms with Gasteiger partial charge in [0.15, 0.2) is 0 Å². The van der Waals surface area contributed by atoms with E-state index in [4.69, 9.17) is 14.2 Å². The quantitative estimate of drug-likeness (QED) is 0.0372. The maximum absolute atomic E-state index is 12.9. The van der Waals surface area contributed by atoms with Gasteiger partial charge in [0.25, 0.3) is 0 Å². The molecule has 0 saturated carbocycles. The Morgan fingerprint density at radius 2 is 1.36 bits per heavy atom. The topological polar surface area (TPSA) is 78.9 Å². The molecule has 4 rings (SSSR count). The highest BCUT2D eigenvalue weighted by atomic mass is 32.2. The van der Waals surface area contributed by atoms with Crippen LogP contribution in [0.1, 0.15) is 42.5 Å². The van der Waals surface area contributed by atoms with Crippen molar-refractivity contribution in [2.75, 3.05) is 19.0 Å². The third kappa shape index (κ3) is 11.0. The van der Waals surface area contributed by atoms with Crippen LogP contribution in [0.4, 0.5) is 0 Å². The molecule has 0 unspecified atom stereocenters. The van der Waals surface area contributed by atoms with Crippen molar-refractivity contribution in [3.8, 4) is 22.6 Å². The fourth-order valence-corrected chi connectivity index (χ4v) is 5.75. The van der Waals surface area contributed by atoms with Gasteiger partial charge in [-0.05, 0) is 120 Å². The molecule has 0 N–H and O–H groups in total. The normalized spacial score (nSPS) is 10.7. The number of thioether (sulfide) groups is 2. The molecule has 8 heteroatoms. The Bertz CT molecular complexity index is 1610. The van der Waals surface area contributed by atoms with Crippen molar-refractivity contribution in [3.05, 3.63) is 116 Å². The Balaban J connectivity index is 1.23. The van der Waals surface area contributed by atoms with E-state index in [2.05, 4.69) is 31.4 Å². The highest BCUT2D eigenvalue weighted by molar-refractivity contribution is 8.14. The van der Waals surface area contributed by atoms with E-state index in [1.807, 2.05) is 66.7 Å².